The summed E-state index contributed by atoms with van der Waals surface area (Å²) in [5, 5.41) is 5.80. The van der Waals surface area contributed by atoms with Crippen LogP contribution in [0, 0.1) is 0 Å². The Morgan fingerprint density at radius 1 is 1.00 bits per heavy atom. The zero-order valence-electron chi connectivity index (χ0n) is 10.6. The zero-order valence-corrected chi connectivity index (χ0v) is 12.1. The van der Waals surface area contributed by atoms with E-state index in [9.17, 15) is 0 Å². The van der Waals surface area contributed by atoms with E-state index < -0.39 is 0 Å². The van der Waals surface area contributed by atoms with Crippen LogP contribution in [0.5, 0.6) is 0 Å². The topological polar surface area (TPSA) is 25.2 Å². The van der Waals surface area contributed by atoms with Crippen LogP contribution in [0.15, 0.2) is 63.9 Å². The summed E-state index contributed by atoms with van der Waals surface area (Å²) in [6, 6.07) is 15.0. The van der Waals surface area contributed by atoms with Gasteiger partial charge in [0.05, 0.1) is 18.6 Å². The first-order valence-electron chi connectivity index (χ1n) is 6.16. The molecule has 0 bridgehead atoms. The normalized spacial score (nSPS) is 12.7. The Hall–Kier alpha value is -1.58. The van der Waals surface area contributed by atoms with E-state index in [0.717, 1.165) is 10.0 Å². The van der Waals surface area contributed by atoms with Crippen molar-refractivity contribution in [2.45, 2.75) is 6.04 Å². The van der Waals surface area contributed by atoms with Crippen molar-refractivity contribution in [1.29, 1.82) is 0 Å². The van der Waals surface area contributed by atoms with E-state index in [1.807, 2.05) is 13.1 Å². The van der Waals surface area contributed by atoms with Crippen LogP contribution in [0.3, 0.4) is 0 Å². The van der Waals surface area contributed by atoms with Gasteiger partial charge in [-0.3, -0.25) is 0 Å². The molecule has 0 aliphatic rings. The van der Waals surface area contributed by atoms with Crippen molar-refractivity contribution in [3.63, 3.8) is 0 Å². The summed E-state index contributed by atoms with van der Waals surface area (Å²) in [6.45, 7) is 0. The van der Waals surface area contributed by atoms with Crippen LogP contribution in [0.25, 0.3) is 10.8 Å². The quantitative estimate of drug-likeness (QED) is 0.769. The highest BCUT2D eigenvalue weighted by Crippen LogP contribution is 2.27. The van der Waals surface area contributed by atoms with Crippen molar-refractivity contribution < 1.29 is 4.42 Å². The molecular formula is C16H14BrNO. The van der Waals surface area contributed by atoms with Crippen molar-refractivity contribution in [1.82, 2.24) is 5.32 Å². The lowest BCUT2D eigenvalue weighted by molar-refractivity contribution is 0.557. The molecule has 0 aliphatic carbocycles. The van der Waals surface area contributed by atoms with Crippen LogP contribution >= 0.6 is 15.9 Å². The van der Waals surface area contributed by atoms with E-state index in [1.165, 1.54) is 16.3 Å². The van der Waals surface area contributed by atoms with E-state index in [-0.39, 0.29) is 6.04 Å². The lowest BCUT2D eigenvalue weighted by Crippen LogP contribution is -2.16. The van der Waals surface area contributed by atoms with Gasteiger partial charge in [0.1, 0.15) is 0 Å². The van der Waals surface area contributed by atoms with Crippen molar-refractivity contribution in [2.24, 2.45) is 0 Å². The number of furan rings is 1. The predicted octanol–water partition coefficient (Wildman–Crippen LogP) is 4.50. The van der Waals surface area contributed by atoms with Gasteiger partial charge in [0.25, 0.3) is 0 Å². The first-order valence-corrected chi connectivity index (χ1v) is 6.96. The summed E-state index contributed by atoms with van der Waals surface area (Å²) >= 11 is 3.50. The SMILES string of the molecule is CNC(c1ccoc1)c1ccc2cc(Br)ccc2c1. The van der Waals surface area contributed by atoms with Gasteiger partial charge in [-0.1, -0.05) is 34.1 Å². The van der Waals surface area contributed by atoms with Gasteiger partial charge in [-0.15, -0.1) is 0 Å². The minimum Gasteiger partial charge on any atom is -0.472 e. The zero-order chi connectivity index (χ0) is 13.2. The largest absolute Gasteiger partial charge is 0.472 e. The second-order valence-electron chi connectivity index (χ2n) is 4.53. The molecule has 3 rings (SSSR count). The average Bonchev–Trinajstić information content (AvgIpc) is 2.93. The predicted molar refractivity (Wildman–Crippen MR) is 81.3 cm³/mol. The molecule has 19 heavy (non-hydrogen) atoms. The van der Waals surface area contributed by atoms with E-state index in [2.05, 4.69) is 57.6 Å². The Labute approximate surface area is 120 Å². The van der Waals surface area contributed by atoms with Crippen molar-refractivity contribution >= 4 is 26.7 Å². The molecule has 0 spiro atoms. The van der Waals surface area contributed by atoms with Crippen LogP contribution in [0.1, 0.15) is 17.2 Å². The van der Waals surface area contributed by atoms with Gasteiger partial charge in [0.2, 0.25) is 0 Å². The van der Waals surface area contributed by atoms with Crippen LogP contribution in [-0.2, 0) is 0 Å². The molecule has 3 aromatic rings. The van der Waals surface area contributed by atoms with Crippen molar-refractivity contribution in [2.75, 3.05) is 7.05 Å². The first kappa shape index (κ1) is 12.5. The second kappa shape index (κ2) is 5.19. The summed E-state index contributed by atoms with van der Waals surface area (Å²) < 4.78 is 6.28. The number of fused-ring (bicyclic) bond motifs is 1. The van der Waals surface area contributed by atoms with Crippen LogP contribution < -0.4 is 5.32 Å². The van der Waals surface area contributed by atoms with Gasteiger partial charge in [0, 0.05) is 10.0 Å². The molecule has 1 heterocycles. The lowest BCUT2D eigenvalue weighted by Gasteiger charge is -2.15. The molecule has 0 amide bonds. The third kappa shape index (κ3) is 2.44. The molecule has 3 heteroatoms. The van der Waals surface area contributed by atoms with Gasteiger partial charge >= 0.3 is 0 Å². The van der Waals surface area contributed by atoms with Gasteiger partial charge in [-0.25, -0.2) is 0 Å². The maximum atomic E-state index is 5.18. The van der Waals surface area contributed by atoms with Gasteiger partial charge in [-0.05, 0) is 47.6 Å². The highest BCUT2D eigenvalue weighted by Gasteiger charge is 2.13. The van der Waals surface area contributed by atoms with E-state index in [0.29, 0.717) is 0 Å². The Morgan fingerprint density at radius 3 is 2.53 bits per heavy atom. The first-order chi connectivity index (χ1) is 9.28. The molecule has 0 fully saturated rings. The fraction of sp³-hybridized carbons (Fsp3) is 0.125. The molecule has 0 aliphatic heterocycles. The number of rotatable bonds is 3. The highest BCUT2D eigenvalue weighted by atomic mass is 79.9. The smallest absolute Gasteiger partial charge is 0.0953 e. The number of hydrogen-bond acceptors (Lipinski definition) is 2. The van der Waals surface area contributed by atoms with E-state index in [4.69, 9.17) is 4.42 Å². The minimum atomic E-state index is 0.159. The Morgan fingerprint density at radius 2 is 1.79 bits per heavy atom. The molecule has 0 saturated carbocycles. The molecule has 0 radical (unpaired) electrons. The van der Waals surface area contributed by atoms with Crippen LogP contribution in [0.2, 0.25) is 0 Å². The van der Waals surface area contributed by atoms with Gasteiger partial charge in [0.15, 0.2) is 0 Å². The summed E-state index contributed by atoms with van der Waals surface area (Å²) in [4.78, 5) is 0. The molecule has 1 atom stereocenters. The number of hydrogen-bond donors (Lipinski definition) is 1. The maximum absolute atomic E-state index is 5.18. The van der Waals surface area contributed by atoms with Crippen molar-refractivity contribution in [3.8, 4) is 0 Å². The van der Waals surface area contributed by atoms with Crippen LogP contribution in [-0.4, -0.2) is 7.05 Å². The van der Waals surface area contributed by atoms with Gasteiger partial charge < -0.3 is 9.73 Å². The van der Waals surface area contributed by atoms with Gasteiger partial charge in [-0.2, -0.15) is 0 Å². The number of halogens is 1. The maximum Gasteiger partial charge on any atom is 0.0953 e. The number of benzene rings is 2. The highest BCUT2D eigenvalue weighted by molar-refractivity contribution is 9.10. The third-order valence-corrected chi connectivity index (χ3v) is 3.82. The third-order valence-electron chi connectivity index (χ3n) is 3.32. The Bertz CT molecular complexity index is 691. The lowest BCUT2D eigenvalue weighted by atomic mass is 9.98. The standard InChI is InChI=1S/C16H14BrNO/c1-18-16(14-6-7-19-10-14)13-3-2-12-9-15(17)5-4-11(12)8-13/h2-10,16,18H,1H3. The summed E-state index contributed by atoms with van der Waals surface area (Å²) in [6.07, 6.45) is 3.49. The molecule has 2 nitrogen and oxygen atoms in total. The van der Waals surface area contributed by atoms with E-state index >= 15 is 0 Å². The van der Waals surface area contributed by atoms with Crippen LogP contribution in [0.4, 0.5) is 0 Å². The monoisotopic (exact) mass is 315 g/mol. The average molecular weight is 316 g/mol. The molecule has 0 saturated heterocycles. The van der Waals surface area contributed by atoms with Crippen molar-refractivity contribution in [3.05, 3.63) is 70.6 Å². The molecule has 1 N–H and O–H groups in total. The molecule has 1 unspecified atom stereocenters. The summed E-state index contributed by atoms with van der Waals surface area (Å²) in [5.41, 5.74) is 2.37. The minimum absolute atomic E-state index is 0.159. The van der Waals surface area contributed by atoms with E-state index in [1.54, 1.807) is 12.5 Å². The Balaban J connectivity index is 2.07. The number of nitrogens with one attached hydrogen (secondary N) is 1. The molecule has 1 aromatic heterocycles. The summed E-state index contributed by atoms with van der Waals surface area (Å²) in [7, 11) is 1.96. The second-order valence-corrected chi connectivity index (χ2v) is 5.44. The molecule has 2 aromatic carbocycles. The fourth-order valence-corrected chi connectivity index (χ4v) is 2.76. The molecular weight excluding hydrogens is 302 g/mol. The summed E-state index contributed by atoms with van der Waals surface area (Å²) in [5.74, 6) is 0. The molecule has 96 valence electrons. The fourth-order valence-electron chi connectivity index (χ4n) is 2.38. The Kier molecular flexibility index (Phi) is 3.40.